The molecule has 1 fully saturated rings. The van der Waals surface area contributed by atoms with Gasteiger partial charge in [-0.1, -0.05) is 18.2 Å². The van der Waals surface area contributed by atoms with Gasteiger partial charge in [0.15, 0.2) is 5.78 Å². The molecule has 0 atom stereocenters. The molecule has 2 aliphatic carbocycles. The van der Waals surface area contributed by atoms with Crippen LogP contribution in [-0.2, 0) is 12.8 Å². The number of fused-ring (bicyclic) bond motifs is 1. The van der Waals surface area contributed by atoms with E-state index < -0.39 is 0 Å². The van der Waals surface area contributed by atoms with Crippen molar-refractivity contribution in [2.75, 3.05) is 0 Å². The maximum absolute atomic E-state index is 12.0. The van der Waals surface area contributed by atoms with E-state index in [2.05, 4.69) is 24.3 Å². The van der Waals surface area contributed by atoms with Crippen LogP contribution in [0.4, 0.5) is 0 Å². The highest BCUT2D eigenvalue weighted by molar-refractivity contribution is 7.17. The van der Waals surface area contributed by atoms with Crippen LogP contribution in [-0.4, -0.2) is 5.78 Å². The van der Waals surface area contributed by atoms with E-state index in [0.29, 0.717) is 11.7 Å². The molecule has 0 unspecified atom stereocenters. The predicted octanol–water partition coefficient (Wildman–Crippen LogP) is 4.50. The van der Waals surface area contributed by atoms with Gasteiger partial charge in [-0.2, -0.15) is 0 Å². The number of aryl methyl sites for hydroxylation is 2. The quantitative estimate of drug-likeness (QED) is 0.749. The van der Waals surface area contributed by atoms with Crippen LogP contribution in [0.5, 0.6) is 0 Å². The number of Topliss-reactive ketones (excluding diaryl/α,β-unsaturated/α-hetero) is 1. The van der Waals surface area contributed by atoms with Gasteiger partial charge in [0, 0.05) is 10.8 Å². The summed E-state index contributed by atoms with van der Waals surface area (Å²) in [4.78, 5) is 14.2. The molecule has 1 heterocycles. The van der Waals surface area contributed by atoms with Gasteiger partial charge in [0.05, 0.1) is 4.88 Å². The number of rotatable bonds is 3. The van der Waals surface area contributed by atoms with Gasteiger partial charge in [-0.3, -0.25) is 4.79 Å². The molecule has 2 heteroatoms. The van der Waals surface area contributed by atoms with E-state index in [-0.39, 0.29) is 0 Å². The number of ketones is 1. The van der Waals surface area contributed by atoms with Crippen molar-refractivity contribution in [2.45, 2.75) is 32.1 Å². The summed E-state index contributed by atoms with van der Waals surface area (Å²) in [5, 5.41) is 0. The molecule has 1 nitrogen and oxygen atoms in total. The first kappa shape index (κ1) is 11.4. The lowest BCUT2D eigenvalue weighted by molar-refractivity contribution is 0.0971. The van der Waals surface area contributed by atoms with Crippen molar-refractivity contribution < 1.29 is 4.79 Å². The summed E-state index contributed by atoms with van der Waals surface area (Å²) in [5.41, 5.74) is 4.29. The first-order valence-corrected chi connectivity index (χ1v) is 7.89. The molecule has 19 heavy (non-hydrogen) atoms. The fraction of sp³-hybridized carbons (Fsp3) is 0.353. The van der Waals surface area contributed by atoms with E-state index in [9.17, 15) is 4.79 Å². The number of hydrogen-bond acceptors (Lipinski definition) is 2. The van der Waals surface area contributed by atoms with Crippen molar-refractivity contribution in [1.29, 1.82) is 0 Å². The van der Waals surface area contributed by atoms with Crippen molar-refractivity contribution >= 4 is 17.1 Å². The standard InChI is InChI=1S/C17H16OS/c18-17(12-5-6-12)16-9-8-15(19-16)14-7-4-11-2-1-3-13(11)10-14/h4,7-10,12H,1-3,5-6H2. The van der Waals surface area contributed by atoms with E-state index in [1.165, 1.54) is 40.8 Å². The lowest BCUT2D eigenvalue weighted by Gasteiger charge is -2.02. The largest absolute Gasteiger partial charge is 0.293 e. The molecular formula is C17H16OS. The second-order valence-electron chi connectivity index (χ2n) is 5.64. The second kappa shape index (κ2) is 4.31. The lowest BCUT2D eigenvalue weighted by Crippen LogP contribution is -1.96. The topological polar surface area (TPSA) is 17.1 Å². The van der Waals surface area contributed by atoms with Crippen LogP contribution in [0.2, 0.25) is 0 Å². The van der Waals surface area contributed by atoms with Crippen molar-refractivity contribution in [1.82, 2.24) is 0 Å². The third-order valence-electron chi connectivity index (χ3n) is 4.18. The SMILES string of the molecule is O=C(c1ccc(-c2ccc3c(c2)CCC3)s1)C1CC1. The third kappa shape index (κ3) is 2.04. The zero-order valence-corrected chi connectivity index (χ0v) is 11.6. The Morgan fingerprint density at radius 2 is 1.89 bits per heavy atom. The summed E-state index contributed by atoms with van der Waals surface area (Å²) in [6, 6.07) is 10.9. The van der Waals surface area contributed by atoms with E-state index in [4.69, 9.17) is 0 Å². The predicted molar refractivity (Wildman–Crippen MR) is 78.8 cm³/mol. The van der Waals surface area contributed by atoms with Crippen LogP contribution < -0.4 is 0 Å². The molecule has 1 aromatic heterocycles. The number of carbonyl (C=O) groups excluding carboxylic acids is 1. The van der Waals surface area contributed by atoms with E-state index in [1.54, 1.807) is 11.3 Å². The summed E-state index contributed by atoms with van der Waals surface area (Å²) >= 11 is 1.66. The van der Waals surface area contributed by atoms with Gasteiger partial charge in [0.2, 0.25) is 0 Å². The van der Waals surface area contributed by atoms with E-state index in [0.717, 1.165) is 17.7 Å². The van der Waals surface area contributed by atoms with Gasteiger partial charge in [0.1, 0.15) is 0 Å². The highest BCUT2D eigenvalue weighted by atomic mass is 32.1. The molecular weight excluding hydrogens is 252 g/mol. The van der Waals surface area contributed by atoms with Crippen LogP contribution in [0.1, 0.15) is 40.1 Å². The molecule has 1 aromatic carbocycles. The summed E-state index contributed by atoms with van der Waals surface area (Å²) in [6.07, 6.45) is 5.90. The molecule has 0 radical (unpaired) electrons. The fourth-order valence-corrected chi connectivity index (χ4v) is 3.92. The Balaban J connectivity index is 1.66. The van der Waals surface area contributed by atoms with Gasteiger partial charge in [-0.05, 0) is 60.9 Å². The molecule has 0 saturated heterocycles. The van der Waals surface area contributed by atoms with Crippen molar-refractivity contribution in [3.05, 3.63) is 46.3 Å². The third-order valence-corrected chi connectivity index (χ3v) is 5.33. The molecule has 4 rings (SSSR count). The van der Waals surface area contributed by atoms with Crippen LogP contribution in [0.3, 0.4) is 0 Å². The Morgan fingerprint density at radius 1 is 1.05 bits per heavy atom. The minimum atomic E-state index is 0.325. The maximum atomic E-state index is 12.0. The normalized spacial score (nSPS) is 17.5. The number of benzene rings is 1. The summed E-state index contributed by atoms with van der Waals surface area (Å²) in [7, 11) is 0. The van der Waals surface area contributed by atoms with Gasteiger partial charge < -0.3 is 0 Å². The lowest BCUT2D eigenvalue weighted by atomic mass is 10.1. The molecule has 0 aliphatic heterocycles. The Labute approximate surface area is 117 Å². The maximum Gasteiger partial charge on any atom is 0.175 e. The zero-order chi connectivity index (χ0) is 12.8. The van der Waals surface area contributed by atoms with Crippen LogP contribution in [0, 0.1) is 5.92 Å². The average Bonchev–Trinajstić information content (AvgIpc) is 2.99. The highest BCUT2D eigenvalue weighted by Crippen LogP contribution is 2.37. The summed E-state index contributed by atoms with van der Waals surface area (Å²) in [5.74, 6) is 0.684. The monoisotopic (exact) mass is 268 g/mol. The molecule has 0 amide bonds. The molecule has 2 aromatic rings. The molecule has 2 aliphatic rings. The highest BCUT2D eigenvalue weighted by Gasteiger charge is 2.31. The van der Waals surface area contributed by atoms with Crippen molar-refractivity contribution in [3.63, 3.8) is 0 Å². The molecule has 0 N–H and O–H groups in total. The van der Waals surface area contributed by atoms with Crippen LogP contribution in [0.15, 0.2) is 30.3 Å². The Bertz CT molecular complexity index is 649. The summed E-state index contributed by atoms with van der Waals surface area (Å²) in [6.45, 7) is 0. The van der Waals surface area contributed by atoms with E-state index >= 15 is 0 Å². The number of hydrogen-bond donors (Lipinski definition) is 0. The molecule has 0 bridgehead atoms. The molecule has 0 spiro atoms. The minimum absolute atomic E-state index is 0.325. The van der Waals surface area contributed by atoms with Gasteiger partial charge in [-0.15, -0.1) is 11.3 Å². The van der Waals surface area contributed by atoms with Crippen molar-refractivity contribution in [3.8, 4) is 10.4 Å². The minimum Gasteiger partial charge on any atom is -0.293 e. The Morgan fingerprint density at radius 3 is 2.74 bits per heavy atom. The van der Waals surface area contributed by atoms with Crippen LogP contribution >= 0.6 is 11.3 Å². The second-order valence-corrected chi connectivity index (χ2v) is 6.72. The first-order chi connectivity index (χ1) is 9.31. The Kier molecular flexibility index (Phi) is 2.59. The van der Waals surface area contributed by atoms with Gasteiger partial charge >= 0.3 is 0 Å². The van der Waals surface area contributed by atoms with Gasteiger partial charge in [0.25, 0.3) is 0 Å². The van der Waals surface area contributed by atoms with E-state index in [1.807, 2.05) is 6.07 Å². The van der Waals surface area contributed by atoms with Crippen molar-refractivity contribution in [2.24, 2.45) is 5.92 Å². The smallest absolute Gasteiger partial charge is 0.175 e. The number of carbonyl (C=O) groups is 1. The summed E-state index contributed by atoms with van der Waals surface area (Å²) < 4.78 is 0. The Hall–Kier alpha value is -1.41. The average molecular weight is 268 g/mol. The fourth-order valence-electron chi connectivity index (χ4n) is 2.90. The molecule has 96 valence electrons. The van der Waals surface area contributed by atoms with Gasteiger partial charge in [-0.25, -0.2) is 0 Å². The first-order valence-electron chi connectivity index (χ1n) is 7.07. The number of thiophene rings is 1. The van der Waals surface area contributed by atoms with Crippen LogP contribution in [0.25, 0.3) is 10.4 Å². The zero-order valence-electron chi connectivity index (χ0n) is 10.8. The molecule has 1 saturated carbocycles.